The van der Waals surface area contributed by atoms with Crippen molar-refractivity contribution < 1.29 is 26.3 Å². The topological polar surface area (TPSA) is 59.8 Å². The Kier molecular flexibility index (Phi) is 5.59. The van der Waals surface area contributed by atoms with Gasteiger partial charge in [0.1, 0.15) is 23.0 Å². The largest absolute Gasteiger partial charge is 0.363 e. The third kappa shape index (κ3) is 3.80. The van der Waals surface area contributed by atoms with Crippen LogP contribution < -0.4 is 10.9 Å². The molecule has 1 aliphatic rings. The smallest absolute Gasteiger partial charge is 0.289 e. The summed E-state index contributed by atoms with van der Waals surface area (Å²) in [5.41, 5.74) is -2.21. The zero-order valence-corrected chi connectivity index (χ0v) is 16.9. The minimum absolute atomic E-state index is 0.0174. The summed E-state index contributed by atoms with van der Waals surface area (Å²) in [5.74, 6) is -3.24. The van der Waals surface area contributed by atoms with Crippen LogP contribution in [0.25, 0.3) is 10.9 Å². The van der Waals surface area contributed by atoms with Crippen LogP contribution in [0.3, 0.4) is 0 Å². The Morgan fingerprint density at radius 1 is 1.09 bits per heavy atom. The molecule has 5 nitrogen and oxygen atoms in total. The zero-order valence-electron chi connectivity index (χ0n) is 16.9. The number of aromatic nitrogens is 3. The minimum Gasteiger partial charge on any atom is -0.363 e. The maximum absolute atomic E-state index is 14.8. The van der Waals surface area contributed by atoms with Crippen LogP contribution in [0.5, 0.6) is 0 Å². The number of fused-ring (bicyclic) bond motifs is 1. The Balaban J connectivity index is 1.79. The number of halogens is 6. The number of benzene rings is 1. The lowest BCUT2D eigenvalue weighted by atomic mass is 10.0. The predicted octanol–water partition coefficient (Wildman–Crippen LogP) is 5.31. The Labute approximate surface area is 178 Å². The van der Waals surface area contributed by atoms with Gasteiger partial charge in [-0.1, -0.05) is 18.2 Å². The third-order valence-corrected chi connectivity index (χ3v) is 5.55. The molecule has 1 aromatic carbocycles. The summed E-state index contributed by atoms with van der Waals surface area (Å²) in [6.45, 7) is 2.95. The average molecular weight is 456 g/mol. The van der Waals surface area contributed by atoms with E-state index in [4.69, 9.17) is 0 Å². The SMILES string of the molecule is Cc1nc(N[C@H](C)c2cccc(C(F)F)c2F)c2cn([C@H]3CC3C(F)F)c(=O)c(F)c2n1. The van der Waals surface area contributed by atoms with E-state index in [1.165, 1.54) is 32.2 Å². The second-order valence-corrected chi connectivity index (χ2v) is 7.76. The van der Waals surface area contributed by atoms with Gasteiger partial charge in [-0.15, -0.1) is 0 Å². The lowest BCUT2D eigenvalue weighted by molar-refractivity contribution is 0.116. The molecule has 0 aliphatic heterocycles. The van der Waals surface area contributed by atoms with Crippen molar-refractivity contribution in [1.29, 1.82) is 0 Å². The number of pyridine rings is 1. The molecule has 0 amide bonds. The van der Waals surface area contributed by atoms with Gasteiger partial charge in [-0.25, -0.2) is 31.9 Å². The highest BCUT2D eigenvalue weighted by Crippen LogP contribution is 2.47. The number of hydrogen-bond acceptors (Lipinski definition) is 4. The van der Waals surface area contributed by atoms with E-state index in [1.54, 1.807) is 0 Å². The highest BCUT2D eigenvalue weighted by atomic mass is 19.3. The highest BCUT2D eigenvalue weighted by molar-refractivity contribution is 5.89. The molecule has 4 rings (SSSR count). The van der Waals surface area contributed by atoms with E-state index in [9.17, 15) is 31.1 Å². The van der Waals surface area contributed by atoms with Crippen molar-refractivity contribution in [3.05, 3.63) is 63.3 Å². The van der Waals surface area contributed by atoms with Gasteiger partial charge in [0.2, 0.25) is 12.2 Å². The fraction of sp³-hybridized carbons (Fsp3) is 0.381. The molecule has 1 fully saturated rings. The van der Waals surface area contributed by atoms with Crippen LogP contribution >= 0.6 is 0 Å². The molecule has 2 aromatic heterocycles. The van der Waals surface area contributed by atoms with Crippen molar-refractivity contribution in [3.8, 4) is 0 Å². The number of rotatable bonds is 6. The number of nitrogens with one attached hydrogen (secondary N) is 1. The molecule has 11 heteroatoms. The Morgan fingerprint density at radius 2 is 1.78 bits per heavy atom. The van der Waals surface area contributed by atoms with Crippen LogP contribution in [0.1, 0.15) is 48.8 Å². The van der Waals surface area contributed by atoms with Crippen molar-refractivity contribution in [2.45, 2.75) is 45.2 Å². The summed E-state index contributed by atoms with van der Waals surface area (Å²) in [4.78, 5) is 20.5. The first-order valence-corrected chi connectivity index (χ1v) is 9.80. The van der Waals surface area contributed by atoms with Crippen LogP contribution in [0.4, 0.5) is 32.2 Å². The zero-order chi connectivity index (χ0) is 23.3. The lowest BCUT2D eigenvalue weighted by Gasteiger charge is -2.19. The molecule has 2 heterocycles. The van der Waals surface area contributed by atoms with E-state index < -0.39 is 53.6 Å². The first-order chi connectivity index (χ1) is 15.1. The maximum Gasteiger partial charge on any atom is 0.289 e. The predicted molar refractivity (Wildman–Crippen MR) is 105 cm³/mol. The summed E-state index contributed by atoms with van der Waals surface area (Å²) >= 11 is 0. The summed E-state index contributed by atoms with van der Waals surface area (Å²) < 4.78 is 82.3. The molecule has 170 valence electrons. The standard InChI is InChI=1S/C21H18F6N4O/c1-8(10-4-3-5-11(15(10)22)18(24)25)28-20-13-7-31(14-6-12(14)19(26)27)21(32)16(23)17(13)29-9(2)30-20/h3-5,7-8,12,14,18-19H,6H2,1-2H3,(H,28,29,30)/t8-,12?,14+/m1/s1. The van der Waals surface area contributed by atoms with E-state index >= 15 is 0 Å². The normalized spacial score (nSPS) is 19.1. The van der Waals surface area contributed by atoms with Crippen LogP contribution in [0.15, 0.2) is 29.2 Å². The molecule has 0 saturated heterocycles. The molecule has 0 spiro atoms. The lowest BCUT2D eigenvalue weighted by Crippen LogP contribution is -2.24. The summed E-state index contributed by atoms with van der Waals surface area (Å²) in [6, 6.07) is 1.86. The van der Waals surface area contributed by atoms with E-state index in [2.05, 4.69) is 15.3 Å². The van der Waals surface area contributed by atoms with Crippen LogP contribution in [-0.4, -0.2) is 21.0 Å². The molecular weight excluding hydrogens is 438 g/mol. The van der Waals surface area contributed by atoms with E-state index in [-0.39, 0.29) is 34.5 Å². The van der Waals surface area contributed by atoms with Gasteiger partial charge in [0.15, 0.2) is 0 Å². The van der Waals surface area contributed by atoms with E-state index in [0.29, 0.717) is 0 Å². The second kappa shape index (κ2) is 8.10. The van der Waals surface area contributed by atoms with Crippen LogP contribution in [-0.2, 0) is 0 Å². The molecule has 0 bridgehead atoms. The van der Waals surface area contributed by atoms with Crippen molar-refractivity contribution in [3.63, 3.8) is 0 Å². The van der Waals surface area contributed by atoms with Gasteiger partial charge in [-0.05, 0) is 20.3 Å². The first-order valence-electron chi connectivity index (χ1n) is 9.80. The van der Waals surface area contributed by atoms with Gasteiger partial charge < -0.3 is 9.88 Å². The van der Waals surface area contributed by atoms with Gasteiger partial charge in [-0.3, -0.25) is 4.79 Å². The van der Waals surface area contributed by atoms with E-state index in [1.807, 2.05) is 0 Å². The Hall–Kier alpha value is -3.11. The summed E-state index contributed by atoms with van der Waals surface area (Å²) in [5, 5.41) is 2.88. The van der Waals surface area contributed by atoms with Gasteiger partial charge in [0.25, 0.3) is 12.0 Å². The average Bonchev–Trinajstić information content (AvgIpc) is 3.52. The highest BCUT2D eigenvalue weighted by Gasteiger charge is 2.46. The molecule has 1 unspecified atom stereocenters. The van der Waals surface area contributed by atoms with Crippen molar-refractivity contribution in [2.75, 3.05) is 5.32 Å². The first kappa shape index (κ1) is 22.1. The summed E-state index contributed by atoms with van der Waals surface area (Å²) in [7, 11) is 0. The number of aryl methyl sites for hydroxylation is 1. The molecule has 0 radical (unpaired) electrons. The summed E-state index contributed by atoms with van der Waals surface area (Å²) in [6.07, 6.45) is -4.43. The van der Waals surface area contributed by atoms with Gasteiger partial charge in [0.05, 0.1) is 17.0 Å². The van der Waals surface area contributed by atoms with Crippen LogP contribution in [0.2, 0.25) is 0 Å². The number of nitrogens with zero attached hydrogens (tertiary/aromatic N) is 3. The number of hydrogen-bond donors (Lipinski definition) is 1. The maximum atomic E-state index is 14.8. The molecule has 1 aliphatic carbocycles. The molecular formula is C21H18F6N4O. The van der Waals surface area contributed by atoms with Crippen molar-refractivity contribution in [2.24, 2.45) is 5.92 Å². The molecule has 1 N–H and O–H groups in total. The fourth-order valence-corrected chi connectivity index (χ4v) is 3.78. The van der Waals surface area contributed by atoms with Crippen LogP contribution in [0, 0.1) is 24.5 Å². The van der Waals surface area contributed by atoms with Gasteiger partial charge >= 0.3 is 0 Å². The van der Waals surface area contributed by atoms with Gasteiger partial charge in [0, 0.05) is 23.7 Å². The Morgan fingerprint density at radius 3 is 2.41 bits per heavy atom. The Bertz CT molecular complexity index is 1250. The third-order valence-electron chi connectivity index (χ3n) is 5.55. The quantitative estimate of drug-likeness (QED) is 0.511. The second-order valence-electron chi connectivity index (χ2n) is 7.76. The van der Waals surface area contributed by atoms with Crippen molar-refractivity contribution in [1.82, 2.24) is 14.5 Å². The molecule has 1 saturated carbocycles. The molecule has 3 atom stereocenters. The number of alkyl halides is 4. The van der Waals surface area contributed by atoms with Gasteiger partial charge in [-0.2, -0.15) is 4.39 Å². The monoisotopic (exact) mass is 456 g/mol. The van der Waals surface area contributed by atoms with E-state index in [0.717, 1.165) is 10.6 Å². The number of anilines is 1. The minimum atomic E-state index is -3.01. The van der Waals surface area contributed by atoms with Crippen molar-refractivity contribution >= 4 is 16.7 Å². The molecule has 32 heavy (non-hydrogen) atoms. The molecule has 3 aromatic rings. The fourth-order valence-electron chi connectivity index (χ4n) is 3.78.